The monoisotopic (exact) mass is 320 g/mol. The first kappa shape index (κ1) is 17.1. The Bertz CT molecular complexity index is 574. The molecule has 1 heterocycles. The molecule has 2 rings (SSSR count). The van der Waals surface area contributed by atoms with Crippen LogP contribution in [0.1, 0.15) is 36.5 Å². The Kier molecular flexibility index (Phi) is 5.84. The quantitative estimate of drug-likeness (QED) is 0.867. The summed E-state index contributed by atoms with van der Waals surface area (Å²) >= 11 is 0. The van der Waals surface area contributed by atoms with Gasteiger partial charge in [-0.3, -0.25) is 9.59 Å². The minimum Gasteiger partial charge on any atom is -0.507 e. The second-order valence-electron chi connectivity index (χ2n) is 5.98. The van der Waals surface area contributed by atoms with E-state index >= 15 is 0 Å². The minimum absolute atomic E-state index is 0.0656. The van der Waals surface area contributed by atoms with Gasteiger partial charge in [0, 0.05) is 32.1 Å². The number of phenolic OH excluding ortho intramolecular Hbond substituents is 1. The molecule has 2 N–H and O–H groups in total. The Balaban J connectivity index is 1.81. The summed E-state index contributed by atoms with van der Waals surface area (Å²) in [6.07, 6.45) is 2.48. The van der Waals surface area contributed by atoms with Gasteiger partial charge >= 0.3 is 0 Å². The summed E-state index contributed by atoms with van der Waals surface area (Å²) in [6, 6.07) is 4.49. The lowest BCUT2D eigenvalue weighted by Gasteiger charge is -2.31. The standard InChI is InChI=1S/C17H24N2O4/c1-12-4-3-9-19(11-12)16(21)7-8-18-17(22)14-6-5-13(23-2)10-15(14)20/h5-6,10,12,20H,3-4,7-9,11H2,1-2H3,(H,18,22)/t12-/m0/s1. The van der Waals surface area contributed by atoms with Crippen LogP contribution in [0, 0.1) is 5.92 Å². The van der Waals surface area contributed by atoms with Crippen molar-refractivity contribution in [2.75, 3.05) is 26.7 Å². The predicted octanol–water partition coefficient (Wildman–Crippen LogP) is 1.78. The Morgan fingerprint density at radius 2 is 2.22 bits per heavy atom. The highest BCUT2D eigenvalue weighted by Gasteiger charge is 2.20. The van der Waals surface area contributed by atoms with Gasteiger partial charge in [-0.05, 0) is 30.9 Å². The largest absolute Gasteiger partial charge is 0.507 e. The summed E-state index contributed by atoms with van der Waals surface area (Å²) in [4.78, 5) is 26.0. The van der Waals surface area contributed by atoms with Crippen LogP contribution in [-0.4, -0.2) is 48.6 Å². The molecule has 1 fully saturated rings. The lowest BCUT2D eigenvalue weighted by atomic mass is 10.00. The molecule has 1 saturated heterocycles. The second kappa shape index (κ2) is 7.85. The third-order valence-electron chi connectivity index (χ3n) is 4.08. The van der Waals surface area contributed by atoms with Gasteiger partial charge in [-0.1, -0.05) is 6.92 Å². The number of methoxy groups -OCH3 is 1. The topological polar surface area (TPSA) is 78.9 Å². The van der Waals surface area contributed by atoms with Crippen LogP contribution in [0.25, 0.3) is 0 Å². The normalized spacial score (nSPS) is 17.7. The zero-order valence-corrected chi connectivity index (χ0v) is 13.7. The van der Waals surface area contributed by atoms with Gasteiger partial charge in [-0.2, -0.15) is 0 Å². The number of hydrogen-bond acceptors (Lipinski definition) is 4. The van der Waals surface area contributed by atoms with E-state index in [1.165, 1.54) is 19.2 Å². The smallest absolute Gasteiger partial charge is 0.255 e. The fourth-order valence-corrected chi connectivity index (χ4v) is 2.78. The molecule has 6 nitrogen and oxygen atoms in total. The number of carbonyl (C=O) groups is 2. The van der Waals surface area contributed by atoms with E-state index in [-0.39, 0.29) is 30.2 Å². The molecule has 1 aromatic carbocycles. The molecular formula is C17H24N2O4. The minimum atomic E-state index is -0.398. The number of benzene rings is 1. The van der Waals surface area contributed by atoms with Gasteiger partial charge in [0.2, 0.25) is 5.91 Å². The van der Waals surface area contributed by atoms with E-state index in [1.54, 1.807) is 6.07 Å². The molecule has 1 atom stereocenters. The molecule has 126 valence electrons. The van der Waals surface area contributed by atoms with Crippen molar-refractivity contribution in [3.63, 3.8) is 0 Å². The van der Waals surface area contributed by atoms with Crippen molar-refractivity contribution in [2.45, 2.75) is 26.2 Å². The summed E-state index contributed by atoms with van der Waals surface area (Å²) < 4.78 is 4.98. The van der Waals surface area contributed by atoms with E-state index in [2.05, 4.69) is 12.2 Å². The molecule has 2 amide bonds. The molecule has 0 aromatic heterocycles. The van der Waals surface area contributed by atoms with Crippen molar-refractivity contribution in [3.8, 4) is 11.5 Å². The number of phenols is 1. The molecule has 1 aliphatic heterocycles. The van der Waals surface area contributed by atoms with Crippen molar-refractivity contribution < 1.29 is 19.4 Å². The van der Waals surface area contributed by atoms with Gasteiger partial charge in [0.1, 0.15) is 11.5 Å². The van der Waals surface area contributed by atoms with Crippen molar-refractivity contribution >= 4 is 11.8 Å². The fourth-order valence-electron chi connectivity index (χ4n) is 2.78. The number of ether oxygens (including phenoxy) is 1. The number of hydrogen-bond donors (Lipinski definition) is 2. The van der Waals surface area contributed by atoms with Crippen molar-refractivity contribution in [2.24, 2.45) is 5.92 Å². The Morgan fingerprint density at radius 3 is 2.87 bits per heavy atom. The fraction of sp³-hybridized carbons (Fsp3) is 0.529. The van der Waals surface area contributed by atoms with Crippen LogP contribution in [0.2, 0.25) is 0 Å². The maximum Gasteiger partial charge on any atom is 0.255 e. The maximum atomic E-state index is 12.1. The number of piperidine rings is 1. The van der Waals surface area contributed by atoms with Crippen LogP contribution in [-0.2, 0) is 4.79 Å². The highest BCUT2D eigenvalue weighted by atomic mass is 16.5. The van der Waals surface area contributed by atoms with Gasteiger partial charge < -0.3 is 20.1 Å². The predicted molar refractivity (Wildman–Crippen MR) is 86.6 cm³/mol. The Hall–Kier alpha value is -2.24. The first-order chi connectivity index (χ1) is 11.0. The van der Waals surface area contributed by atoms with Crippen LogP contribution < -0.4 is 10.1 Å². The average molecular weight is 320 g/mol. The molecule has 0 aliphatic carbocycles. The summed E-state index contributed by atoms with van der Waals surface area (Å²) in [6.45, 7) is 4.00. The molecule has 0 unspecified atom stereocenters. The molecule has 1 aliphatic rings. The third kappa shape index (κ3) is 4.61. The summed E-state index contributed by atoms with van der Waals surface area (Å²) in [7, 11) is 1.49. The first-order valence-electron chi connectivity index (χ1n) is 7.94. The molecule has 1 aromatic rings. The van der Waals surface area contributed by atoms with E-state index < -0.39 is 5.91 Å². The van der Waals surface area contributed by atoms with Crippen LogP contribution in [0.4, 0.5) is 0 Å². The summed E-state index contributed by atoms with van der Waals surface area (Å²) in [5, 5.41) is 12.5. The van der Waals surface area contributed by atoms with Crippen LogP contribution in [0.5, 0.6) is 11.5 Å². The Labute approximate surface area is 136 Å². The van der Waals surface area contributed by atoms with Gasteiger partial charge in [0.25, 0.3) is 5.91 Å². The molecule has 0 spiro atoms. The average Bonchev–Trinajstić information content (AvgIpc) is 2.54. The second-order valence-corrected chi connectivity index (χ2v) is 5.98. The van der Waals surface area contributed by atoms with E-state index in [0.717, 1.165) is 25.9 Å². The van der Waals surface area contributed by atoms with Crippen molar-refractivity contribution in [1.82, 2.24) is 10.2 Å². The lowest BCUT2D eigenvalue weighted by molar-refractivity contribution is -0.132. The summed E-state index contributed by atoms with van der Waals surface area (Å²) in [5.41, 5.74) is 0.171. The zero-order valence-electron chi connectivity index (χ0n) is 13.7. The molecule has 0 saturated carbocycles. The number of aromatic hydroxyl groups is 1. The molecule has 23 heavy (non-hydrogen) atoms. The van der Waals surface area contributed by atoms with Crippen molar-refractivity contribution in [1.29, 1.82) is 0 Å². The maximum absolute atomic E-state index is 12.1. The molecule has 6 heteroatoms. The van der Waals surface area contributed by atoms with E-state index in [4.69, 9.17) is 4.74 Å². The SMILES string of the molecule is COc1ccc(C(=O)NCCC(=O)N2CCC[C@H](C)C2)c(O)c1. The van der Waals surface area contributed by atoms with Gasteiger partial charge in [0.05, 0.1) is 12.7 Å². The van der Waals surface area contributed by atoms with Gasteiger partial charge in [-0.15, -0.1) is 0 Å². The molecule has 0 radical (unpaired) electrons. The zero-order chi connectivity index (χ0) is 16.8. The highest BCUT2D eigenvalue weighted by molar-refractivity contribution is 5.97. The third-order valence-corrected chi connectivity index (χ3v) is 4.08. The number of carbonyl (C=O) groups excluding carboxylic acids is 2. The number of likely N-dealkylation sites (tertiary alicyclic amines) is 1. The number of nitrogens with one attached hydrogen (secondary N) is 1. The van der Waals surface area contributed by atoms with Gasteiger partial charge in [-0.25, -0.2) is 0 Å². The number of rotatable bonds is 5. The number of amides is 2. The van der Waals surface area contributed by atoms with Crippen LogP contribution in [0.3, 0.4) is 0 Å². The Morgan fingerprint density at radius 1 is 1.43 bits per heavy atom. The van der Waals surface area contributed by atoms with Gasteiger partial charge in [0.15, 0.2) is 0 Å². The first-order valence-corrected chi connectivity index (χ1v) is 7.94. The molecular weight excluding hydrogens is 296 g/mol. The van der Waals surface area contributed by atoms with Crippen LogP contribution >= 0.6 is 0 Å². The summed E-state index contributed by atoms with van der Waals surface area (Å²) in [5.74, 6) is 0.547. The van der Waals surface area contributed by atoms with Crippen molar-refractivity contribution in [3.05, 3.63) is 23.8 Å². The van der Waals surface area contributed by atoms with Crippen LogP contribution in [0.15, 0.2) is 18.2 Å². The van der Waals surface area contributed by atoms with E-state index in [1.807, 2.05) is 4.90 Å². The van der Waals surface area contributed by atoms with E-state index in [9.17, 15) is 14.7 Å². The van der Waals surface area contributed by atoms with E-state index in [0.29, 0.717) is 11.7 Å². The number of nitrogens with zero attached hydrogens (tertiary/aromatic N) is 1. The molecule has 0 bridgehead atoms. The highest BCUT2D eigenvalue weighted by Crippen LogP contribution is 2.23. The lowest BCUT2D eigenvalue weighted by Crippen LogP contribution is -2.40.